The molecule has 0 aromatic heterocycles. The highest BCUT2D eigenvalue weighted by atomic mass is 16.5. The van der Waals surface area contributed by atoms with Gasteiger partial charge in [-0.15, -0.1) is 0 Å². The molecule has 0 aliphatic heterocycles. The molecule has 0 spiro atoms. The maximum atomic E-state index is 12.1. The van der Waals surface area contributed by atoms with Gasteiger partial charge in [0, 0.05) is 19.0 Å². The van der Waals surface area contributed by atoms with Crippen molar-refractivity contribution in [3.05, 3.63) is 48.0 Å². The molecule has 0 aliphatic carbocycles. The first kappa shape index (κ1) is 19.6. The largest absolute Gasteiger partial charge is 0.497 e. The van der Waals surface area contributed by atoms with Crippen molar-refractivity contribution in [2.75, 3.05) is 39.7 Å². The fourth-order valence-corrected chi connectivity index (χ4v) is 2.51. The van der Waals surface area contributed by atoms with Crippen LogP contribution in [0.5, 0.6) is 17.2 Å². The van der Waals surface area contributed by atoms with Crippen molar-refractivity contribution >= 4 is 11.6 Å². The third-order valence-corrected chi connectivity index (χ3v) is 3.93. The molecular weight excluding hydrogens is 332 g/mol. The minimum atomic E-state index is -0.0783. The molecule has 2 aromatic carbocycles. The molecule has 6 heteroatoms. The number of carbonyl (C=O) groups excluding carboxylic acids is 1. The number of benzene rings is 2. The Morgan fingerprint density at radius 1 is 0.923 bits per heavy atom. The number of hydrogen-bond donors (Lipinski definition) is 2. The summed E-state index contributed by atoms with van der Waals surface area (Å²) in [4.78, 5) is 12.1. The van der Waals surface area contributed by atoms with Gasteiger partial charge in [0.2, 0.25) is 5.91 Å². The van der Waals surface area contributed by atoms with Crippen LogP contribution in [0, 0.1) is 0 Å². The van der Waals surface area contributed by atoms with Gasteiger partial charge in [0.15, 0.2) is 0 Å². The zero-order valence-corrected chi connectivity index (χ0v) is 15.5. The van der Waals surface area contributed by atoms with Gasteiger partial charge >= 0.3 is 0 Å². The molecule has 140 valence electrons. The molecule has 0 aliphatic rings. The second-order valence-corrected chi connectivity index (χ2v) is 5.72. The summed E-state index contributed by atoms with van der Waals surface area (Å²) < 4.78 is 15.7. The average Bonchev–Trinajstić information content (AvgIpc) is 2.67. The number of methoxy groups -OCH3 is 3. The fourth-order valence-electron chi connectivity index (χ4n) is 2.51. The predicted octanol–water partition coefficient (Wildman–Crippen LogP) is 2.87. The van der Waals surface area contributed by atoms with Crippen molar-refractivity contribution in [3.63, 3.8) is 0 Å². The van der Waals surface area contributed by atoms with Gasteiger partial charge in [-0.3, -0.25) is 4.79 Å². The molecule has 6 nitrogen and oxygen atoms in total. The first-order chi connectivity index (χ1) is 12.7. The summed E-state index contributed by atoms with van der Waals surface area (Å²) in [7, 11) is 4.81. The van der Waals surface area contributed by atoms with E-state index in [1.807, 2.05) is 18.2 Å². The molecule has 2 aromatic rings. The Labute approximate surface area is 154 Å². The Hall–Kier alpha value is -2.73. The number of hydrogen-bond acceptors (Lipinski definition) is 5. The fraction of sp³-hybridized carbons (Fsp3) is 0.350. The molecule has 2 rings (SSSR count). The summed E-state index contributed by atoms with van der Waals surface area (Å²) >= 11 is 0. The van der Waals surface area contributed by atoms with E-state index < -0.39 is 0 Å². The van der Waals surface area contributed by atoms with Crippen LogP contribution in [0.4, 0.5) is 5.69 Å². The average molecular weight is 358 g/mol. The van der Waals surface area contributed by atoms with Crippen LogP contribution in [0.2, 0.25) is 0 Å². The van der Waals surface area contributed by atoms with E-state index in [0.717, 1.165) is 18.7 Å². The Balaban J connectivity index is 1.73. The van der Waals surface area contributed by atoms with Crippen molar-refractivity contribution in [1.29, 1.82) is 0 Å². The molecule has 2 N–H and O–H groups in total. The first-order valence-electron chi connectivity index (χ1n) is 8.51. The lowest BCUT2D eigenvalue weighted by Crippen LogP contribution is -2.23. The molecule has 0 unspecified atom stereocenters. The van der Waals surface area contributed by atoms with E-state index in [1.165, 1.54) is 5.56 Å². The van der Waals surface area contributed by atoms with E-state index in [4.69, 9.17) is 14.2 Å². The highest BCUT2D eigenvalue weighted by Gasteiger charge is 2.09. The summed E-state index contributed by atoms with van der Waals surface area (Å²) in [6.45, 7) is 1.39. The second kappa shape index (κ2) is 10.3. The van der Waals surface area contributed by atoms with E-state index in [9.17, 15) is 4.79 Å². The van der Waals surface area contributed by atoms with Gasteiger partial charge in [-0.25, -0.2) is 0 Å². The number of carbonyl (C=O) groups is 1. The smallest absolute Gasteiger partial charge is 0.225 e. The summed E-state index contributed by atoms with van der Waals surface area (Å²) in [5.41, 5.74) is 1.80. The predicted molar refractivity (Wildman–Crippen MR) is 102 cm³/mol. The van der Waals surface area contributed by atoms with E-state index >= 15 is 0 Å². The van der Waals surface area contributed by atoms with E-state index in [1.54, 1.807) is 39.5 Å². The molecule has 0 atom stereocenters. The van der Waals surface area contributed by atoms with Crippen molar-refractivity contribution in [1.82, 2.24) is 5.32 Å². The molecule has 1 amide bonds. The normalized spacial score (nSPS) is 10.3. The Morgan fingerprint density at radius 3 is 2.42 bits per heavy atom. The molecule has 26 heavy (non-hydrogen) atoms. The lowest BCUT2D eigenvalue weighted by Gasteiger charge is -2.12. The van der Waals surface area contributed by atoms with Gasteiger partial charge in [0.25, 0.3) is 0 Å². The third-order valence-electron chi connectivity index (χ3n) is 3.93. The van der Waals surface area contributed by atoms with Crippen LogP contribution in [0.1, 0.15) is 12.0 Å². The number of anilines is 1. The quantitative estimate of drug-likeness (QED) is 0.639. The van der Waals surface area contributed by atoms with Crippen molar-refractivity contribution < 1.29 is 19.0 Å². The maximum Gasteiger partial charge on any atom is 0.225 e. The lowest BCUT2D eigenvalue weighted by atomic mass is 10.1. The van der Waals surface area contributed by atoms with Crippen LogP contribution in [0.15, 0.2) is 42.5 Å². The summed E-state index contributed by atoms with van der Waals surface area (Å²) in [6, 6.07) is 13.3. The van der Waals surface area contributed by atoms with Crippen LogP contribution < -0.4 is 24.8 Å². The molecule has 0 saturated heterocycles. The molecule has 0 radical (unpaired) electrons. The topological polar surface area (TPSA) is 68.8 Å². The lowest BCUT2D eigenvalue weighted by molar-refractivity contribution is -0.116. The number of nitrogens with one attached hydrogen (secondary N) is 2. The molecule has 0 bridgehead atoms. The minimum Gasteiger partial charge on any atom is -0.497 e. The highest BCUT2D eigenvalue weighted by Crippen LogP contribution is 2.28. The van der Waals surface area contributed by atoms with Gasteiger partial charge in [-0.2, -0.15) is 0 Å². The van der Waals surface area contributed by atoms with E-state index in [-0.39, 0.29) is 5.91 Å². The number of ether oxygens (including phenoxy) is 3. The van der Waals surface area contributed by atoms with E-state index in [0.29, 0.717) is 30.2 Å². The minimum absolute atomic E-state index is 0.0783. The van der Waals surface area contributed by atoms with Gasteiger partial charge in [0.1, 0.15) is 17.2 Å². The first-order valence-corrected chi connectivity index (χ1v) is 8.51. The van der Waals surface area contributed by atoms with Gasteiger partial charge in [0.05, 0.1) is 27.0 Å². The van der Waals surface area contributed by atoms with Crippen LogP contribution in [-0.2, 0) is 11.2 Å². The van der Waals surface area contributed by atoms with Crippen molar-refractivity contribution in [3.8, 4) is 17.2 Å². The van der Waals surface area contributed by atoms with Crippen LogP contribution in [0.3, 0.4) is 0 Å². The van der Waals surface area contributed by atoms with Gasteiger partial charge in [-0.1, -0.05) is 12.1 Å². The van der Waals surface area contributed by atoms with Gasteiger partial charge in [-0.05, 0) is 42.8 Å². The molecule has 0 fully saturated rings. The number of rotatable bonds is 10. The van der Waals surface area contributed by atoms with Crippen LogP contribution in [0.25, 0.3) is 0 Å². The number of amides is 1. The highest BCUT2D eigenvalue weighted by molar-refractivity contribution is 5.92. The SMILES string of the molecule is COc1cccc(CCNCCC(=O)Nc2cc(OC)ccc2OC)c1. The van der Waals surface area contributed by atoms with E-state index in [2.05, 4.69) is 16.7 Å². The Kier molecular flexibility index (Phi) is 7.76. The van der Waals surface area contributed by atoms with Crippen LogP contribution >= 0.6 is 0 Å². The summed E-state index contributed by atoms with van der Waals surface area (Å²) in [6.07, 6.45) is 1.25. The zero-order valence-electron chi connectivity index (χ0n) is 15.5. The summed E-state index contributed by atoms with van der Waals surface area (Å²) in [5, 5.41) is 6.14. The Morgan fingerprint density at radius 2 is 1.69 bits per heavy atom. The molecule has 0 heterocycles. The molecular formula is C20H26N2O4. The zero-order chi connectivity index (χ0) is 18.8. The second-order valence-electron chi connectivity index (χ2n) is 5.72. The van der Waals surface area contributed by atoms with Crippen molar-refractivity contribution in [2.24, 2.45) is 0 Å². The van der Waals surface area contributed by atoms with Gasteiger partial charge < -0.3 is 24.8 Å². The third kappa shape index (κ3) is 5.97. The maximum absolute atomic E-state index is 12.1. The summed E-state index contributed by atoms with van der Waals surface area (Å²) in [5.74, 6) is 2.04. The Bertz CT molecular complexity index is 719. The molecule has 0 saturated carbocycles. The monoisotopic (exact) mass is 358 g/mol. The van der Waals surface area contributed by atoms with Crippen LogP contribution in [-0.4, -0.2) is 40.3 Å². The standard InChI is InChI=1S/C20H26N2O4/c1-24-16-6-4-5-15(13-16)9-11-21-12-10-20(23)22-18-14-17(25-2)7-8-19(18)26-3/h4-8,13-14,21H,9-12H2,1-3H3,(H,22,23). The van der Waals surface area contributed by atoms with Crippen molar-refractivity contribution in [2.45, 2.75) is 12.8 Å².